The maximum Gasteiger partial charge on any atom is 0.498 e. The number of hydrogen-bond donors (Lipinski definition) is 0. The maximum absolute atomic E-state index is 8.82. The van der Waals surface area contributed by atoms with Crippen molar-refractivity contribution in [3.63, 3.8) is 0 Å². The Balaban J connectivity index is 0.000000133. The van der Waals surface area contributed by atoms with Gasteiger partial charge in [-0.15, -0.1) is 0 Å². The number of pyridine rings is 2. The molecule has 74 heavy (non-hydrogen) atoms. The lowest BCUT2D eigenvalue weighted by Crippen LogP contribution is -2.41. The predicted octanol–water partition coefficient (Wildman–Crippen LogP) is 17.9. The minimum absolute atomic E-state index is 0.337. The topological polar surface area (TPSA) is 96.8 Å². The van der Waals surface area contributed by atoms with Crippen molar-refractivity contribution in [2.24, 2.45) is 10.8 Å². The molecule has 0 aliphatic carbocycles. The standard InChI is InChI=1S/C29H25NO2.C24H21BO4.C11H16ClN/c1-17-16-30-24(14-18(17)15-29(2,3)4)23-10-7-9-20-22-13-12-21-19-8-5-6-11-25(19)31-27(21)28(22)32-26(20)23;1-23(2)24(3,4)29-25(28-23)18-10-7-9-15-17-13-12-16-14-8-5-6-11-19(14)26-21(16)22(17)27-20(15)18;1-8-7-13-10(12)5-9(8)6-11(2,3)4/h5-14,16H,15H2,1-4H3;5-13H,1-4H3;5,7H,6H2,1-4H3/i15D2;;6D2. The molecule has 0 radical (unpaired) electrons. The van der Waals surface area contributed by atoms with Crippen molar-refractivity contribution in [1.82, 2.24) is 9.97 Å². The van der Waals surface area contributed by atoms with E-state index in [0.717, 1.165) is 104 Å². The van der Waals surface area contributed by atoms with Crippen molar-refractivity contribution in [3.05, 3.63) is 161 Å². The number of furan rings is 4. The van der Waals surface area contributed by atoms with Crippen LogP contribution in [0.1, 0.15) is 97.0 Å². The fourth-order valence-corrected chi connectivity index (χ4v) is 9.86. The van der Waals surface area contributed by atoms with Crippen LogP contribution in [0, 0.1) is 24.7 Å². The third-order valence-corrected chi connectivity index (χ3v) is 14.2. The van der Waals surface area contributed by atoms with Crippen molar-refractivity contribution in [3.8, 4) is 11.3 Å². The van der Waals surface area contributed by atoms with E-state index in [9.17, 15) is 0 Å². The predicted molar refractivity (Wildman–Crippen MR) is 306 cm³/mol. The molecule has 13 rings (SSSR count). The molecule has 0 atom stereocenters. The van der Waals surface area contributed by atoms with Gasteiger partial charge in [0, 0.05) is 72.0 Å². The summed E-state index contributed by atoms with van der Waals surface area (Å²) in [5, 5.41) is 8.62. The summed E-state index contributed by atoms with van der Waals surface area (Å²) in [5.74, 6) is 0. The van der Waals surface area contributed by atoms with Gasteiger partial charge in [0.05, 0.1) is 16.9 Å². The van der Waals surface area contributed by atoms with Crippen molar-refractivity contribution >= 4 is 112 Å². The van der Waals surface area contributed by atoms with E-state index in [0.29, 0.717) is 27.6 Å². The number of nitrogens with zero attached hydrogens (tertiary/aromatic N) is 2. The summed E-state index contributed by atoms with van der Waals surface area (Å²) in [6.45, 7) is 23.4. The van der Waals surface area contributed by atoms with Crippen LogP contribution in [0.2, 0.25) is 5.15 Å². The van der Waals surface area contributed by atoms with E-state index in [-0.39, 0.29) is 0 Å². The molecule has 1 aliphatic rings. The van der Waals surface area contributed by atoms with Crippen LogP contribution in [0.25, 0.3) is 99.0 Å². The molecule has 0 spiro atoms. The highest BCUT2D eigenvalue weighted by Crippen LogP contribution is 2.43. The van der Waals surface area contributed by atoms with Crippen molar-refractivity contribution in [1.29, 1.82) is 0 Å². The fourth-order valence-electron chi connectivity index (χ4n) is 9.70. The lowest BCUT2D eigenvalue weighted by Gasteiger charge is -2.32. The summed E-state index contributed by atoms with van der Waals surface area (Å²) in [6.07, 6.45) is 0.440. The van der Waals surface area contributed by atoms with Gasteiger partial charge in [0.1, 0.15) is 27.5 Å². The number of rotatable bonds is 4. The number of halogens is 1. The third-order valence-electron chi connectivity index (χ3n) is 14.0. The Labute approximate surface area is 442 Å². The Kier molecular flexibility index (Phi) is 11.0. The summed E-state index contributed by atoms with van der Waals surface area (Å²) in [5.41, 5.74) is 9.74. The van der Waals surface area contributed by atoms with Gasteiger partial charge in [0.2, 0.25) is 0 Å². The average Bonchev–Trinajstić information content (AvgIpc) is 4.31. The minimum atomic E-state index is -1.52. The number of aromatic nitrogens is 2. The zero-order valence-corrected chi connectivity index (χ0v) is 44.8. The van der Waals surface area contributed by atoms with E-state index >= 15 is 0 Å². The molecule has 6 aromatic carbocycles. The van der Waals surface area contributed by atoms with Crippen LogP contribution < -0.4 is 5.46 Å². The molecule has 374 valence electrons. The second-order valence-electron chi connectivity index (χ2n) is 22.5. The highest BCUT2D eigenvalue weighted by atomic mass is 35.5. The zero-order valence-electron chi connectivity index (χ0n) is 48.0. The molecule has 1 fully saturated rings. The van der Waals surface area contributed by atoms with Crippen molar-refractivity contribution in [2.45, 2.75) is 107 Å². The van der Waals surface area contributed by atoms with Crippen LogP contribution in [0.3, 0.4) is 0 Å². The van der Waals surface area contributed by atoms with Gasteiger partial charge in [-0.2, -0.15) is 0 Å². The number of aryl methyl sites for hydroxylation is 2. The van der Waals surface area contributed by atoms with Crippen LogP contribution in [-0.4, -0.2) is 28.3 Å². The van der Waals surface area contributed by atoms with Gasteiger partial charge in [0.15, 0.2) is 22.3 Å². The van der Waals surface area contributed by atoms with E-state index in [1.165, 1.54) is 0 Å². The van der Waals surface area contributed by atoms with Crippen LogP contribution >= 0.6 is 11.6 Å². The SMILES string of the molecule is CC1(C)OB(c2cccc3c2oc2c3ccc3c4ccccc4oc32)OC1(C)C.[2H]C([2H])(c1cc(-c2cccc3c2oc2c3ccc3c4ccccc4oc32)ncc1C)C(C)(C)C.[2H]C([2H])(c1cc(Cl)ncc1C)C(C)(C)C. The second kappa shape index (κ2) is 18.2. The summed E-state index contributed by atoms with van der Waals surface area (Å²) >= 11 is 5.80. The van der Waals surface area contributed by atoms with Gasteiger partial charge in [-0.3, -0.25) is 4.98 Å². The normalized spacial score (nSPS) is 15.9. The molecular formula is C64H62BClN2O6. The fraction of sp³-hybridized carbons (Fsp3) is 0.281. The molecule has 0 N–H and O–H groups in total. The lowest BCUT2D eigenvalue weighted by atomic mass is 9.78. The van der Waals surface area contributed by atoms with Crippen LogP contribution in [0.4, 0.5) is 0 Å². The molecule has 0 bridgehead atoms. The summed E-state index contributed by atoms with van der Waals surface area (Å²) < 4.78 is 71.7. The van der Waals surface area contributed by atoms with Gasteiger partial charge in [-0.05, 0) is 142 Å². The van der Waals surface area contributed by atoms with Gasteiger partial charge in [-0.1, -0.05) is 120 Å². The quantitative estimate of drug-likeness (QED) is 0.127. The average molecular weight is 1010 g/mol. The van der Waals surface area contributed by atoms with Crippen LogP contribution in [0.5, 0.6) is 0 Å². The monoisotopic (exact) mass is 1000 g/mol. The Morgan fingerprint density at radius 1 is 0.486 bits per heavy atom. The van der Waals surface area contributed by atoms with E-state index < -0.39 is 41.9 Å². The molecule has 0 unspecified atom stereocenters. The highest BCUT2D eigenvalue weighted by molar-refractivity contribution is 6.65. The minimum Gasteiger partial charge on any atom is -0.452 e. The molecule has 1 saturated heterocycles. The first-order chi connectivity index (χ1) is 36.7. The van der Waals surface area contributed by atoms with Crippen LogP contribution in [-0.2, 0) is 22.1 Å². The van der Waals surface area contributed by atoms with E-state index in [1.54, 1.807) is 18.5 Å². The summed E-state index contributed by atoms with van der Waals surface area (Å²) in [6, 6.07) is 40.1. The Morgan fingerprint density at radius 2 is 0.905 bits per heavy atom. The van der Waals surface area contributed by atoms with E-state index in [2.05, 4.69) is 80.1 Å². The molecule has 0 amide bonds. The maximum atomic E-state index is 8.82. The molecule has 10 heteroatoms. The Bertz CT molecular complexity index is 4310. The number of para-hydroxylation sites is 4. The first-order valence-corrected chi connectivity index (χ1v) is 25.5. The molecule has 8 nitrogen and oxygen atoms in total. The number of fused-ring (bicyclic) bond motifs is 14. The Hall–Kier alpha value is -6.91. The van der Waals surface area contributed by atoms with Gasteiger partial charge >= 0.3 is 7.12 Å². The van der Waals surface area contributed by atoms with Crippen LogP contribution in [0.15, 0.2) is 151 Å². The first kappa shape index (κ1) is 44.6. The zero-order chi connectivity index (χ0) is 55.6. The van der Waals surface area contributed by atoms with E-state index in [4.69, 9.17) is 44.1 Å². The molecule has 12 aromatic rings. The molecule has 0 saturated carbocycles. The molecule has 6 aromatic heterocycles. The number of hydrogen-bond acceptors (Lipinski definition) is 8. The van der Waals surface area contributed by atoms with Crippen molar-refractivity contribution < 1.29 is 32.5 Å². The molecule has 7 heterocycles. The second-order valence-corrected chi connectivity index (χ2v) is 22.9. The Morgan fingerprint density at radius 3 is 1.45 bits per heavy atom. The molecule has 1 aliphatic heterocycles. The smallest absolute Gasteiger partial charge is 0.452 e. The van der Waals surface area contributed by atoms with Gasteiger partial charge in [0.25, 0.3) is 0 Å². The largest absolute Gasteiger partial charge is 0.498 e. The lowest BCUT2D eigenvalue weighted by molar-refractivity contribution is 0.00578. The highest BCUT2D eigenvalue weighted by Gasteiger charge is 2.52. The summed E-state index contributed by atoms with van der Waals surface area (Å²) in [4.78, 5) is 8.61. The third kappa shape index (κ3) is 9.03. The van der Waals surface area contributed by atoms with Gasteiger partial charge in [-0.25, -0.2) is 4.98 Å². The van der Waals surface area contributed by atoms with E-state index in [1.807, 2.05) is 128 Å². The number of benzene rings is 6. The first-order valence-electron chi connectivity index (χ1n) is 27.2. The van der Waals surface area contributed by atoms with Gasteiger partial charge < -0.3 is 27.0 Å². The molecular weight excluding hydrogens is 939 g/mol. The summed E-state index contributed by atoms with van der Waals surface area (Å²) in [7, 11) is -0.476. The van der Waals surface area contributed by atoms with Crippen molar-refractivity contribution in [2.75, 3.05) is 0 Å².